The maximum atomic E-state index is 13.2. The molecule has 160 valence electrons. The summed E-state index contributed by atoms with van der Waals surface area (Å²) in [6.07, 6.45) is -3.84. The molecular weight excluding hydrogens is 434 g/mol. The molecule has 7 nitrogen and oxygen atoms in total. The van der Waals surface area contributed by atoms with Crippen molar-refractivity contribution in [3.05, 3.63) is 46.9 Å². The predicted octanol–water partition coefficient (Wildman–Crippen LogP) is 5.19. The van der Waals surface area contributed by atoms with Crippen molar-refractivity contribution in [2.75, 3.05) is 0 Å². The van der Waals surface area contributed by atoms with Crippen LogP contribution in [0.3, 0.4) is 0 Å². The largest absolute Gasteiger partial charge is 0.282 e. The zero-order chi connectivity index (χ0) is 22.0. The molecule has 31 heavy (non-hydrogen) atoms. The van der Waals surface area contributed by atoms with E-state index in [-0.39, 0.29) is 11.4 Å². The van der Waals surface area contributed by atoms with Crippen molar-refractivity contribution in [1.82, 2.24) is 34.3 Å². The Hall–Kier alpha value is -3.15. The van der Waals surface area contributed by atoms with Crippen molar-refractivity contribution in [2.24, 2.45) is 0 Å². The fourth-order valence-electron chi connectivity index (χ4n) is 3.66. The molecule has 0 saturated heterocycles. The van der Waals surface area contributed by atoms with Gasteiger partial charge in [-0.05, 0) is 38.5 Å². The van der Waals surface area contributed by atoms with Gasteiger partial charge in [0, 0.05) is 11.1 Å². The van der Waals surface area contributed by atoms with Crippen LogP contribution in [0.5, 0.6) is 0 Å². The molecule has 0 aliphatic rings. The van der Waals surface area contributed by atoms with Crippen molar-refractivity contribution in [3.63, 3.8) is 0 Å². The van der Waals surface area contributed by atoms with E-state index >= 15 is 0 Å². The lowest BCUT2D eigenvalue weighted by atomic mass is 10.1. The number of hydrogen-bond acceptors (Lipinski definition) is 6. The molecule has 0 aromatic carbocycles. The van der Waals surface area contributed by atoms with E-state index in [2.05, 4.69) is 25.1 Å². The highest BCUT2D eigenvalue weighted by molar-refractivity contribution is 7.26. The second-order valence-corrected chi connectivity index (χ2v) is 8.24. The standard InChI is InChI=1S/C19H15F4N7S/c1-7-4-10(15(20)21)25-19-12(7)13-14(31-19)18-26-17(28-29(18)6-24-13)9(3)30-8(2)5-11(27-30)16(22)23/h4-6,9,15-16H,1-3H3. The first-order valence-corrected chi connectivity index (χ1v) is 10.1. The van der Waals surface area contributed by atoms with Gasteiger partial charge in [0.2, 0.25) is 0 Å². The van der Waals surface area contributed by atoms with E-state index in [1.54, 1.807) is 20.8 Å². The Morgan fingerprint density at radius 3 is 2.39 bits per heavy atom. The third-order valence-corrected chi connectivity index (χ3v) is 6.20. The lowest BCUT2D eigenvalue weighted by Gasteiger charge is -2.10. The lowest BCUT2D eigenvalue weighted by Crippen LogP contribution is -2.12. The molecule has 0 aliphatic carbocycles. The van der Waals surface area contributed by atoms with Crippen LogP contribution in [0.1, 0.15) is 54.3 Å². The molecule has 0 amide bonds. The van der Waals surface area contributed by atoms with Crippen molar-refractivity contribution < 1.29 is 17.6 Å². The number of thiophene rings is 1. The summed E-state index contributed by atoms with van der Waals surface area (Å²) >= 11 is 1.22. The topological polar surface area (TPSA) is 73.8 Å². The van der Waals surface area contributed by atoms with Gasteiger partial charge < -0.3 is 0 Å². The zero-order valence-corrected chi connectivity index (χ0v) is 17.3. The van der Waals surface area contributed by atoms with Crippen LogP contribution in [0.2, 0.25) is 0 Å². The Kier molecular flexibility index (Phi) is 4.43. The second kappa shape index (κ2) is 6.94. The summed E-state index contributed by atoms with van der Waals surface area (Å²) in [4.78, 5) is 13.6. The number of halogens is 4. The summed E-state index contributed by atoms with van der Waals surface area (Å²) in [6, 6.07) is 2.20. The van der Waals surface area contributed by atoms with Crippen LogP contribution >= 0.6 is 11.3 Å². The van der Waals surface area contributed by atoms with E-state index in [0.29, 0.717) is 43.2 Å². The number of pyridine rings is 1. The molecule has 0 fully saturated rings. The lowest BCUT2D eigenvalue weighted by molar-refractivity contribution is 0.144. The molecule has 0 saturated carbocycles. The van der Waals surface area contributed by atoms with Gasteiger partial charge in [-0.1, -0.05) is 0 Å². The number of alkyl halides is 4. The fraction of sp³-hybridized carbons (Fsp3) is 0.316. The van der Waals surface area contributed by atoms with E-state index in [0.717, 1.165) is 0 Å². The fourth-order valence-corrected chi connectivity index (χ4v) is 4.85. The van der Waals surface area contributed by atoms with Crippen molar-refractivity contribution in [1.29, 1.82) is 0 Å². The molecule has 12 heteroatoms. The zero-order valence-electron chi connectivity index (χ0n) is 16.5. The smallest absolute Gasteiger partial charge is 0.259 e. The molecule has 1 atom stereocenters. The summed E-state index contributed by atoms with van der Waals surface area (Å²) in [5, 5.41) is 9.11. The van der Waals surface area contributed by atoms with Gasteiger partial charge in [0.15, 0.2) is 11.5 Å². The SMILES string of the molecule is Cc1cc(C(F)F)nc2sc3c(ncn4nc(C(C)n5nc(C(F)F)cc5C)nc34)c12. The molecule has 5 aromatic heterocycles. The number of nitrogens with zero attached hydrogens (tertiary/aromatic N) is 7. The first-order chi connectivity index (χ1) is 14.7. The average molecular weight is 449 g/mol. The van der Waals surface area contributed by atoms with Crippen LogP contribution in [-0.4, -0.2) is 34.3 Å². The molecule has 5 heterocycles. The number of aromatic nitrogens is 7. The van der Waals surface area contributed by atoms with E-state index in [4.69, 9.17) is 0 Å². The highest BCUT2D eigenvalue weighted by Gasteiger charge is 2.23. The van der Waals surface area contributed by atoms with E-state index in [1.165, 1.54) is 39.0 Å². The number of rotatable bonds is 4. The first-order valence-electron chi connectivity index (χ1n) is 9.32. The summed E-state index contributed by atoms with van der Waals surface area (Å²) in [5.41, 5.74) is 1.73. The number of hydrogen-bond donors (Lipinski definition) is 0. The van der Waals surface area contributed by atoms with E-state index in [1.807, 2.05) is 0 Å². The molecule has 5 rings (SSSR count). The second-order valence-electron chi connectivity index (χ2n) is 7.24. The highest BCUT2D eigenvalue weighted by atomic mass is 32.1. The van der Waals surface area contributed by atoms with E-state index in [9.17, 15) is 17.6 Å². The Morgan fingerprint density at radius 2 is 1.71 bits per heavy atom. The molecule has 0 N–H and O–H groups in total. The minimum atomic E-state index is -2.67. The Labute approximate surface area is 176 Å². The monoisotopic (exact) mass is 449 g/mol. The van der Waals surface area contributed by atoms with Crippen LogP contribution < -0.4 is 0 Å². The van der Waals surface area contributed by atoms with Crippen LogP contribution in [0.4, 0.5) is 17.6 Å². The van der Waals surface area contributed by atoms with E-state index < -0.39 is 18.9 Å². The van der Waals surface area contributed by atoms with Crippen LogP contribution in [0, 0.1) is 13.8 Å². The molecule has 5 aromatic rings. The van der Waals surface area contributed by atoms with Crippen LogP contribution in [0.15, 0.2) is 18.5 Å². The first kappa shape index (κ1) is 19.8. The van der Waals surface area contributed by atoms with Crippen molar-refractivity contribution in [3.8, 4) is 0 Å². The van der Waals surface area contributed by atoms with Gasteiger partial charge in [0.25, 0.3) is 12.9 Å². The maximum Gasteiger partial charge on any atom is 0.282 e. The van der Waals surface area contributed by atoms with Gasteiger partial charge >= 0.3 is 0 Å². The van der Waals surface area contributed by atoms with Gasteiger partial charge in [0.1, 0.15) is 33.3 Å². The van der Waals surface area contributed by atoms with Gasteiger partial charge in [-0.25, -0.2) is 37.0 Å². The van der Waals surface area contributed by atoms with Gasteiger partial charge in [-0.15, -0.1) is 16.4 Å². The number of fused-ring (bicyclic) bond motifs is 5. The van der Waals surface area contributed by atoms with Gasteiger partial charge in [-0.3, -0.25) is 4.68 Å². The Balaban J connectivity index is 1.67. The number of aryl methyl sites for hydroxylation is 2. The quantitative estimate of drug-likeness (QED) is 0.353. The van der Waals surface area contributed by atoms with Gasteiger partial charge in [-0.2, -0.15) is 5.10 Å². The minimum Gasteiger partial charge on any atom is -0.259 e. The summed E-state index contributed by atoms with van der Waals surface area (Å²) in [6.45, 7) is 5.19. The minimum absolute atomic E-state index is 0.285. The normalized spacial score (nSPS) is 13.5. The Bertz CT molecular complexity index is 1450. The summed E-state index contributed by atoms with van der Waals surface area (Å²) < 4.78 is 56.0. The van der Waals surface area contributed by atoms with Crippen LogP contribution in [0.25, 0.3) is 26.1 Å². The molecular formula is C19H15F4N7S. The summed E-state index contributed by atoms with van der Waals surface area (Å²) in [5.74, 6) is 0.372. The Morgan fingerprint density at radius 1 is 0.968 bits per heavy atom. The average Bonchev–Trinajstić information content (AvgIpc) is 3.40. The molecule has 0 aliphatic heterocycles. The van der Waals surface area contributed by atoms with Crippen molar-refractivity contribution in [2.45, 2.75) is 39.7 Å². The molecule has 0 bridgehead atoms. The van der Waals surface area contributed by atoms with Crippen molar-refractivity contribution >= 4 is 37.4 Å². The third-order valence-electron chi connectivity index (χ3n) is 5.13. The van der Waals surface area contributed by atoms with Gasteiger partial charge in [0.05, 0.1) is 5.52 Å². The highest BCUT2D eigenvalue weighted by Crippen LogP contribution is 2.37. The molecule has 1 unspecified atom stereocenters. The van der Waals surface area contributed by atoms with Crippen LogP contribution in [-0.2, 0) is 0 Å². The third kappa shape index (κ3) is 3.04. The molecule has 0 radical (unpaired) electrons. The summed E-state index contributed by atoms with van der Waals surface area (Å²) in [7, 11) is 0. The molecule has 0 spiro atoms. The maximum absolute atomic E-state index is 13.2. The predicted molar refractivity (Wildman–Crippen MR) is 107 cm³/mol.